The molecule has 1 amide bonds. The van der Waals surface area contributed by atoms with E-state index in [0.29, 0.717) is 12.1 Å². The number of amides is 1. The highest BCUT2D eigenvalue weighted by Crippen LogP contribution is 2.13. The third-order valence-corrected chi connectivity index (χ3v) is 2.98. The van der Waals surface area contributed by atoms with Crippen molar-refractivity contribution in [3.63, 3.8) is 0 Å². The molecule has 0 saturated heterocycles. The van der Waals surface area contributed by atoms with Gasteiger partial charge in [-0.15, -0.1) is 11.3 Å². The van der Waals surface area contributed by atoms with E-state index in [2.05, 4.69) is 20.6 Å². The third-order valence-electron chi connectivity index (χ3n) is 2.35. The Morgan fingerprint density at radius 1 is 1.50 bits per heavy atom. The van der Waals surface area contributed by atoms with Gasteiger partial charge >= 0.3 is 0 Å². The Hall–Kier alpha value is -1.95. The van der Waals surface area contributed by atoms with Crippen molar-refractivity contribution in [3.05, 3.63) is 40.6 Å². The molecule has 2 N–H and O–H groups in total. The van der Waals surface area contributed by atoms with Gasteiger partial charge in [-0.05, 0) is 13.0 Å². The van der Waals surface area contributed by atoms with Gasteiger partial charge in [-0.1, -0.05) is 0 Å². The van der Waals surface area contributed by atoms with E-state index in [4.69, 9.17) is 0 Å². The molecular weight excluding hydrogens is 248 g/mol. The van der Waals surface area contributed by atoms with Gasteiger partial charge in [0.15, 0.2) is 0 Å². The SMILES string of the molecule is CCNc1cnccc1C(=O)NCc1cscn1. The molecule has 2 aromatic rings. The molecule has 6 heteroatoms. The number of carbonyl (C=O) groups excluding carboxylic acids is 1. The summed E-state index contributed by atoms with van der Waals surface area (Å²) in [6.07, 6.45) is 3.26. The van der Waals surface area contributed by atoms with Crippen LogP contribution in [0.25, 0.3) is 0 Å². The molecule has 0 atom stereocenters. The van der Waals surface area contributed by atoms with Gasteiger partial charge in [0.1, 0.15) is 0 Å². The molecule has 0 spiro atoms. The lowest BCUT2D eigenvalue weighted by Crippen LogP contribution is -2.24. The standard InChI is InChI=1S/C12H14N4OS/c1-2-14-11-6-13-4-3-10(11)12(17)15-5-9-7-18-8-16-9/h3-4,6-8,14H,2,5H2,1H3,(H,15,17). The van der Waals surface area contributed by atoms with Gasteiger partial charge in [-0.3, -0.25) is 9.78 Å². The number of pyridine rings is 1. The van der Waals surface area contributed by atoms with Gasteiger partial charge in [0, 0.05) is 18.1 Å². The van der Waals surface area contributed by atoms with Crippen LogP contribution in [0.5, 0.6) is 0 Å². The Kier molecular flexibility index (Phi) is 4.25. The zero-order chi connectivity index (χ0) is 12.8. The first-order valence-electron chi connectivity index (χ1n) is 5.64. The predicted molar refractivity (Wildman–Crippen MR) is 71.7 cm³/mol. The lowest BCUT2D eigenvalue weighted by Gasteiger charge is -2.09. The maximum atomic E-state index is 12.0. The first kappa shape index (κ1) is 12.5. The first-order chi connectivity index (χ1) is 8.81. The molecule has 5 nitrogen and oxygen atoms in total. The molecule has 2 heterocycles. The van der Waals surface area contributed by atoms with Crippen molar-refractivity contribution in [3.8, 4) is 0 Å². The minimum atomic E-state index is -0.124. The molecule has 94 valence electrons. The Morgan fingerprint density at radius 2 is 2.39 bits per heavy atom. The summed E-state index contributed by atoms with van der Waals surface area (Å²) in [7, 11) is 0. The number of nitrogens with one attached hydrogen (secondary N) is 2. The van der Waals surface area contributed by atoms with Crippen LogP contribution in [0.15, 0.2) is 29.4 Å². The van der Waals surface area contributed by atoms with Crippen molar-refractivity contribution in [2.75, 3.05) is 11.9 Å². The maximum Gasteiger partial charge on any atom is 0.253 e. The van der Waals surface area contributed by atoms with E-state index in [1.807, 2.05) is 12.3 Å². The molecule has 0 unspecified atom stereocenters. The highest BCUT2D eigenvalue weighted by molar-refractivity contribution is 7.07. The maximum absolute atomic E-state index is 12.0. The fraction of sp³-hybridized carbons (Fsp3) is 0.250. The molecule has 0 aliphatic heterocycles. The van der Waals surface area contributed by atoms with E-state index in [-0.39, 0.29) is 5.91 Å². The number of hydrogen-bond donors (Lipinski definition) is 2. The van der Waals surface area contributed by atoms with Crippen molar-refractivity contribution in [2.45, 2.75) is 13.5 Å². The van der Waals surface area contributed by atoms with Crippen molar-refractivity contribution in [1.82, 2.24) is 15.3 Å². The van der Waals surface area contributed by atoms with Crippen LogP contribution in [-0.4, -0.2) is 22.4 Å². The summed E-state index contributed by atoms with van der Waals surface area (Å²) in [4.78, 5) is 20.2. The lowest BCUT2D eigenvalue weighted by molar-refractivity contribution is 0.0951. The molecule has 18 heavy (non-hydrogen) atoms. The van der Waals surface area contributed by atoms with Crippen molar-refractivity contribution in [2.24, 2.45) is 0 Å². The minimum absolute atomic E-state index is 0.124. The molecule has 2 rings (SSSR count). The van der Waals surface area contributed by atoms with Gasteiger partial charge in [-0.25, -0.2) is 4.98 Å². The molecule has 0 saturated carbocycles. The van der Waals surface area contributed by atoms with Crippen molar-refractivity contribution >= 4 is 22.9 Å². The lowest BCUT2D eigenvalue weighted by atomic mass is 10.2. The van der Waals surface area contributed by atoms with E-state index in [0.717, 1.165) is 17.9 Å². The summed E-state index contributed by atoms with van der Waals surface area (Å²) in [5, 5.41) is 7.87. The van der Waals surface area contributed by atoms with Crippen LogP contribution < -0.4 is 10.6 Å². The Bertz CT molecular complexity index is 513. The van der Waals surface area contributed by atoms with E-state index >= 15 is 0 Å². The second-order valence-corrected chi connectivity index (χ2v) is 4.33. The zero-order valence-electron chi connectivity index (χ0n) is 10.0. The van der Waals surface area contributed by atoms with Crippen LogP contribution in [0.4, 0.5) is 5.69 Å². The molecule has 0 fully saturated rings. The molecule has 0 bridgehead atoms. The number of anilines is 1. The number of aromatic nitrogens is 2. The van der Waals surface area contributed by atoms with Crippen molar-refractivity contribution in [1.29, 1.82) is 0 Å². The van der Waals surface area contributed by atoms with E-state index in [1.165, 1.54) is 11.3 Å². The fourth-order valence-electron chi connectivity index (χ4n) is 1.51. The van der Waals surface area contributed by atoms with Gasteiger partial charge < -0.3 is 10.6 Å². The zero-order valence-corrected chi connectivity index (χ0v) is 10.8. The summed E-state index contributed by atoms with van der Waals surface area (Å²) >= 11 is 1.51. The molecule has 0 aliphatic carbocycles. The second-order valence-electron chi connectivity index (χ2n) is 3.61. The topological polar surface area (TPSA) is 66.9 Å². The quantitative estimate of drug-likeness (QED) is 0.863. The molecule has 0 aromatic carbocycles. The summed E-state index contributed by atoms with van der Waals surface area (Å²) in [5.41, 5.74) is 3.96. The van der Waals surface area contributed by atoms with Gasteiger partial charge in [0.2, 0.25) is 0 Å². The average molecular weight is 262 g/mol. The van der Waals surface area contributed by atoms with Gasteiger partial charge in [0.25, 0.3) is 5.91 Å². The smallest absolute Gasteiger partial charge is 0.253 e. The fourth-order valence-corrected chi connectivity index (χ4v) is 2.07. The van der Waals surface area contributed by atoms with Crippen LogP contribution in [0.1, 0.15) is 23.0 Å². The van der Waals surface area contributed by atoms with Crippen LogP contribution in [-0.2, 0) is 6.54 Å². The molecule has 0 aliphatic rings. The molecular formula is C12H14N4OS. The number of thiazole rings is 1. The first-order valence-corrected chi connectivity index (χ1v) is 6.58. The highest BCUT2D eigenvalue weighted by atomic mass is 32.1. The normalized spacial score (nSPS) is 10.1. The Balaban J connectivity index is 2.04. The second kappa shape index (κ2) is 6.11. The largest absolute Gasteiger partial charge is 0.383 e. The third kappa shape index (κ3) is 3.04. The summed E-state index contributed by atoms with van der Waals surface area (Å²) in [6.45, 7) is 3.16. The minimum Gasteiger partial charge on any atom is -0.383 e. The van der Waals surface area contributed by atoms with Gasteiger partial charge in [-0.2, -0.15) is 0 Å². The predicted octanol–water partition coefficient (Wildman–Crippen LogP) is 1.90. The Morgan fingerprint density at radius 3 is 3.11 bits per heavy atom. The van der Waals surface area contributed by atoms with E-state index < -0.39 is 0 Å². The highest BCUT2D eigenvalue weighted by Gasteiger charge is 2.10. The molecule has 0 radical (unpaired) electrons. The van der Waals surface area contributed by atoms with Crippen LogP contribution >= 0.6 is 11.3 Å². The van der Waals surface area contributed by atoms with E-state index in [1.54, 1.807) is 24.0 Å². The summed E-state index contributed by atoms with van der Waals surface area (Å²) < 4.78 is 0. The number of rotatable bonds is 5. The molecule has 2 aromatic heterocycles. The monoisotopic (exact) mass is 262 g/mol. The summed E-state index contributed by atoms with van der Waals surface area (Å²) in [6, 6.07) is 1.70. The average Bonchev–Trinajstić information content (AvgIpc) is 2.90. The Labute approximate surface area is 109 Å². The number of hydrogen-bond acceptors (Lipinski definition) is 5. The van der Waals surface area contributed by atoms with Crippen LogP contribution in [0, 0.1) is 0 Å². The van der Waals surface area contributed by atoms with Crippen LogP contribution in [0.2, 0.25) is 0 Å². The van der Waals surface area contributed by atoms with Gasteiger partial charge in [0.05, 0.1) is 35.2 Å². The number of nitrogens with zero attached hydrogens (tertiary/aromatic N) is 2. The van der Waals surface area contributed by atoms with Crippen LogP contribution in [0.3, 0.4) is 0 Å². The van der Waals surface area contributed by atoms with E-state index in [9.17, 15) is 4.79 Å². The van der Waals surface area contributed by atoms with Crippen molar-refractivity contribution < 1.29 is 4.79 Å². The summed E-state index contributed by atoms with van der Waals surface area (Å²) in [5.74, 6) is -0.124. The number of carbonyl (C=O) groups is 1.